The third-order valence-corrected chi connectivity index (χ3v) is 3.57. The van der Waals surface area contributed by atoms with Crippen molar-refractivity contribution in [2.75, 3.05) is 13.2 Å². The Morgan fingerprint density at radius 2 is 1.89 bits per heavy atom. The molecule has 0 saturated heterocycles. The third-order valence-electron chi connectivity index (χ3n) is 3.57. The number of nitrogens with zero attached hydrogens (tertiary/aromatic N) is 1. The van der Waals surface area contributed by atoms with E-state index in [2.05, 4.69) is 4.99 Å². The minimum absolute atomic E-state index is 0.404. The molecule has 94 valence electrons. The van der Waals surface area contributed by atoms with Crippen LogP contribution in [0.1, 0.15) is 24.8 Å². The second-order valence-corrected chi connectivity index (χ2v) is 4.56. The number of fused-ring (bicyclic) bond motifs is 1. The van der Waals surface area contributed by atoms with Gasteiger partial charge in [-0.05, 0) is 25.3 Å². The van der Waals surface area contributed by atoms with Crippen molar-refractivity contribution in [3.05, 3.63) is 23.5 Å². The van der Waals surface area contributed by atoms with Crippen LogP contribution in [0.5, 0.6) is 11.5 Å². The highest BCUT2D eigenvalue weighted by Gasteiger charge is 2.41. The molecular weight excluding hydrogens is 237 g/mol. The summed E-state index contributed by atoms with van der Waals surface area (Å²) in [6.07, 6.45) is 3.81. The van der Waals surface area contributed by atoms with E-state index in [1.54, 1.807) is 12.1 Å². The van der Waals surface area contributed by atoms with Crippen LogP contribution < -0.4 is 9.47 Å². The molecule has 0 N–H and O–H groups in total. The van der Waals surface area contributed by atoms with E-state index in [-0.39, 0.29) is 0 Å². The lowest BCUT2D eigenvalue weighted by atomic mass is 9.72. The molecule has 0 aromatic heterocycles. The van der Waals surface area contributed by atoms with Gasteiger partial charge in [0.25, 0.3) is 0 Å². The first-order valence-corrected chi connectivity index (χ1v) is 5.94. The predicted octanol–water partition coefficient (Wildman–Crippen LogP) is 2.31. The summed E-state index contributed by atoms with van der Waals surface area (Å²) in [5, 5.41) is 0. The molecule has 0 bridgehead atoms. The van der Waals surface area contributed by atoms with E-state index in [9.17, 15) is 9.18 Å². The van der Waals surface area contributed by atoms with Gasteiger partial charge in [0.2, 0.25) is 6.08 Å². The topological polar surface area (TPSA) is 47.9 Å². The van der Waals surface area contributed by atoms with E-state index in [0.717, 1.165) is 6.42 Å². The number of rotatable bonds is 2. The normalized spacial score (nSPS) is 19.6. The Morgan fingerprint density at radius 3 is 2.44 bits per heavy atom. The second-order valence-electron chi connectivity index (χ2n) is 4.56. The summed E-state index contributed by atoms with van der Waals surface area (Å²) in [5.74, 6) is 0.523. The molecule has 1 aromatic rings. The zero-order valence-electron chi connectivity index (χ0n) is 9.74. The van der Waals surface area contributed by atoms with Crippen molar-refractivity contribution in [1.82, 2.24) is 0 Å². The van der Waals surface area contributed by atoms with Crippen molar-refractivity contribution in [3.8, 4) is 11.5 Å². The highest BCUT2D eigenvalue weighted by molar-refractivity contribution is 5.49. The molecule has 4 nitrogen and oxygen atoms in total. The number of ether oxygens (including phenoxy) is 2. The van der Waals surface area contributed by atoms with Gasteiger partial charge in [0.05, 0.1) is 0 Å². The summed E-state index contributed by atoms with van der Waals surface area (Å²) in [4.78, 5) is 14.3. The fraction of sp³-hybridized carbons (Fsp3) is 0.462. The van der Waals surface area contributed by atoms with Gasteiger partial charge in [-0.1, -0.05) is 0 Å². The molecule has 0 radical (unpaired) electrons. The van der Waals surface area contributed by atoms with Crippen LogP contribution in [0, 0.1) is 5.82 Å². The van der Waals surface area contributed by atoms with E-state index in [1.165, 1.54) is 6.07 Å². The van der Waals surface area contributed by atoms with Gasteiger partial charge in [-0.15, -0.1) is 0 Å². The lowest BCUT2D eigenvalue weighted by Gasteiger charge is -2.37. The Kier molecular flexibility index (Phi) is 2.56. The van der Waals surface area contributed by atoms with Gasteiger partial charge in [-0.2, -0.15) is 4.99 Å². The Labute approximate surface area is 103 Å². The highest BCUT2D eigenvalue weighted by Crippen LogP contribution is 2.48. The SMILES string of the molecule is O=C=NC1(c2cc3c(cc2F)OCCO3)CCC1. The Morgan fingerprint density at radius 1 is 1.22 bits per heavy atom. The zero-order valence-corrected chi connectivity index (χ0v) is 9.74. The van der Waals surface area contributed by atoms with Gasteiger partial charge >= 0.3 is 0 Å². The molecule has 1 aromatic carbocycles. The second kappa shape index (κ2) is 4.10. The first-order valence-electron chi connectivity index (χ1n) is 5.94. The molecule has 5 heteroatoms. The molecule has 1 heterocycles. The highest BCUT2D eigenvalue weighted by atomic mass is 19.1. The molecular formula is C13H12FNO3. The number of aliphatic imine (C=N–C) groups is 1. The van der Waals surface area contributed by atoms with Crippen molar-refractivity contribution < 1.29 is 18.7 Å². The quantitative estimate of drug-likeness (QED) is 0.597. The van der Waals surface area contributed by atoms with Crippen LogP contribution in [0.15, 0.2) is 17.1 Å². The lowest BCUT2D eigenvalue weighted by molar-refractivity contribution is 0.168. The van der Waals surface area contributed by atoms with Crippen molar-refractivity contribution >= 4 is 6.08 Å². The molecule has 1 aliphatic heterocycles. The average molecular weight is 249 g/mol. The van der Waals surface area contributed by atoms with Crippen molar-refractivity contribution in [2.24, 2.45) is 4.99 Å². The van der Waals surface area contributed by atoms with Gasteiger partial charge in [0.1, 0.15) is 24.6 Å². The van der Waals surface area contributed by atoms with Crippen molar-refractivity contribution in [1.29, 1.82) is 0 Å². The van der Waals surface area contributed by atoms with Gasteiger partial charge < -0.3 is 9.47 Å². The molecule has 2 aliphatic rings. The summed E-state index contributed by atoms with van der Waals surface area (Å²) in [6, 6.07) is 2.91. The molecule has 0 spiro atoms. The van der Waals surface area contributed by atoms with Crippen LogP contribution in [0.3, 0.4) is 0 Å². The van der Waals surface area contributed by atoms with Gasteiger partial charge in [-0.3, -0.25) is 0 Å². The molecule has 3 rings (SSSR count). The first kappa shape index (κ1) is 11.2. The van der Waals surface area contributed by atoms with E-state index in [4.69, 9.17) is 9.47 Å². The number of isocyanates is 1. The Hall–Kier alpha value is -1.87. The van der Waals surface area contributed by atoms with Crippen molar-refractivity contribution in [2.45, 2.75) is 24.8 Å². The van der Waals surface area contributed by atoms with Crippen LogP contribution in [-0.4, -0.2) is 19.3 Å². The molecule has 0 unspecified atom stereocenters. The van der Waals surface area contributed by atoms with Crippen LogP contribution >= 0.6 is 0 Å². The van der Waals surface area contributed by atoms with E-state index < -0.39 is 11.4 Å². The predicted molar refractivity (Wildman–Crippen MR) is 61.0 cm³/mol. The van der Waals surface area contributed by atoms with E-state index >= 15 is 0 Å². The third kappa shape index (κ3) is 1.59. The maximum absolute atomic E-state index is 14.1. The van der Waals surface area contributed by atoms with E-state index in [1.807, 2.05) is 0 Å². The minimum atomic E-state index is -0.748. The maximum atomic E-state index is 14.1. The maximum Gasteiger partial charge on any atom is 0.235 e. The number of hydrogen-bond donors (Lipinski definition) is 0. The molecule has 1 fully saturated rings. The largest absolute Gasteiger partial charge is 0.486 e. The monoisotopic (exact) mass is 249 g/mol. The smallest absolute Gasteiger partial charge is 0.235 e. The van der Waals surface area contributed by atoms with Gasteiger partial charge in [0, 0.05) is 11.6 Å². The average Bonchev–Trinajstić information content (AvgIpc) is 2.33. The molecule has 18 heavy (non-hydrogen) atoms. The van der Waals surface area contributed by atoms with Crippen LogP contribution in [0.2, 0.25) is 0 Å². The van der Waals surface area contributed by atoms with Crippen molar-refractivity contribution in [3.63, 3.8) is 0 Å². The molecule has 1 aliphatic carbocycles. The summed E-state index contributed by atoms with van der Waals surface area (Å²) in [5.41, 5.74) is -0.344. The number of halogens is 1. The minimum Gasteiger partial charge on any atom is -0.486 e. The summed E-state index contributed by atoms with van der Waals surface area (Å²) >= 11 is 0. The fourth-order valence-corrected chi connectivity index (χ4v) is 2.46. The summed E-state index contributed by atoms with van der Waals surface area (Å²) < 4.78 is 24.8. The summed E-state index contributed by atoms with van der Waals surface area (Å²) in [6.45, 7) is 0.867. The fourth-order valence-electron chi connectivity index (χ4n) is 2.46. The molecule has 0 amide bonds. The van der Waals surface area contributed by atoms with Crippen LogP contribution in [0.25, 0.3) is 0 Å². The number of hydrogen-bond acceptors (Lipinski definition) is 4. The number of carbonyl (C=O) groups excluding carboxylic acids is 1. The van der Waals surface area contributed by atoms with Gasteiger partial charge in [-0.25, -0.2) is 9.18 Å². The van der Waals surface area contributed by atoms with Gasteiger partial charge in [0.15, 0.2) is 11.5 Å². The first-order chi connectivity index (χ1) is 8.75. The molecule has 0 atom stereocenters. The molecule has 1 saturated carbocycles. The Balaban J connectivity index is 2.09. The Bertz CT molecular complexity index is 533. The van der Waals surface area contributed by atoms with Crippen LogP contribution in [-0.2, 0) is 10.3 Å². The zero-order chi connectivity index (χ0) is 12.6. The number of benzene rings is 1. The van der Waals surface area contributed by atoms with Crippen LogP contribution in [0.4, 0.5) is 4.39 Å². The summed E-state index contributed by atoms with van der Waals surface area (Å²) in [7, 11) is 0. The standard InChI is InChI=1S/C13H12FNO3/c14-10-7-12-11(17-4-5-18-12)6-9(10)13(15-8-16)2-1-3-13/h6-7H,1-5H2. The lowest BCUT2D eigenvalue weighted by Crippen LogP contribution is -2.33. The van der Waals surface area contributed by atoms with E-state index in [0.29, 0.717) is 43.1 Å².